The van der Waals surface area contributed by atoms with Crippen molar-refractivity contribution in [2.75, 3.05) is 0 Å². The van der Waals surface area contributed by atoms with Crippen LogP contribution in [0.3, 0.4) is 0 Å². The molecule has 3 aromatic rings. The lowest BCUT2D eigenvalue weighted by Gasteiger charge is -2.16. The Kier molecular flexibility index (Phi) is 3.52. The topological polar surface area (TPSA) is 20.2 Å². The number of hydrogen-bond acceptors (Lipinski definition) is 1. The summed E-state index contributed by atoms with van der Waals surface area (Å²) in [6.07, 6.45) is 0. The molecule has 0 amide bonds. The smallest absolute Gasteiger partial charge is 0.0690 e. The second-order valence-electron chi connectivity index (χ2n) is 5.80. The number of aliphatic hydroxyl groups is 1. The Labute approximate surface area is 125 Å². The molecule has 0 unspecified atom stereocenters. The van der Waals surface area contributed by atoms with Gasteiger partial charge in [0, 0.05) is 0 Å². The molecule has 0 aliphatic carbocycles. The third kappa shape index (κ3) is 2.45. The first-order valence-electron chi connectivity index (χ1n) is 7.31. The Morgan fingerprint density at radius 1 is 0.857 bits per heavy atom. The summed E-state index contributed by atoms with van der Waals surface area (Å²) in [5.41, 5.74) is 7.03. The number of rotatable bonds is 2. The molecule has 3 rings (SSSR count). The minimum absolute atomic E-state index is 0.0684. The molecule has 0 aliphatic heterocycles. The maximum absolute atomic E-state index is 9.86. The van der Waals surface area contributed by atoms with E-state index in [9.17, 15) is 5.11 Å². The van der Waals surface area contributed by atoms with Crippen molar-refractivity contribution in [2.45, 2.75) is 27.4 Å². The second-order valence-corrected chi connectivity index (χ2v) is 5.80. The van der Waals surface area contributed by atoms with Gasteiger partial charge in [0.05, 0.1) is 6.61 Å². The van der Waals surface area contributed by atoms with E-state index in [4.69, 9.17) is 0 Å². The predicted molar refractivity (Wildman–Crippen MR) is 89.5 cm³/mol. The third-order valence-corrected chi connectivity index (χ3v) is 4.05. The summed E-state index contributed by atoms with van der Waals surface area (Å²) < 4.78 is 0. The van der Waals surface area contributed by atoms with E-state index in [1.165, 1.54) is 33.0 Å². The molecule has 0 bridgehead atoms. The first-order valence-corrected chi connectivity index (χ1v) is 7.31. The molecule has 0 atom stereocenters. The summed E-state index contributed by atoms with van der Waals surface area (Å²) in [7, 11) is 0. The number of aliphatic hydroxyl groups excluding tert-OH is 1. The summed E-state index contributed by atoms with van der Waals surface area (Å²) in [6.45, 7) is 6.38. The van der Waals surface area contributed by atoms with Crippen LogP contribution in [-0.4, -0.2) is 5.11 Å². The summed E-state index contributed by atoms with van der Waals surface area (Å²) in [4.78, 5) is 0. The maximum atomic E-state index is 9.86. The van der Waals surface area contributed by atoms with Gasteiger partial charge in [-0.25, -0.2) is 0 Å². The maximum Gasteiger partial charge on any atom is 0.0690 e. The van der Waals surface area contributed by atoms with Crippen molar-refractivity contribution in [1.82, 2.24) is 0 Å². The summed E-state index contributed by atoms with van der Waals surface area (Å²) in [6, 6.07) is 17.1. The normalized spacial score (nSPS) is 11.0. The van der Waals surface area contributed by atoms with Crippen molar-refractivity contribution in [1.29, 1.82) is 0 Å². The highest BCUT2D eigenvalue weighted by atomic mass is 16.3. The summed E-state index contributed by atoms with van der Waals surface area (Å²) >= 11 is 0. The second kappa shape index (κ2) is 5.34. The van der Waals surface area contributed by atoms with E-state index in [-0.39, 0.29) is 6.61 Å². The van der Waals surface area contributed by atoms with Gasteiger partial charge in [-0.1, -0.05) is 59.7 Å². The molecule has 1 nitrogen and oxygen atoms in total. The zero-order valence-electron chi connectivity index (χ0n) is 12.8. The molecule has 0 heterocycles. The highest BCUT2D eigenvalue weighted by Crippen LogP contribution is 2.35. The van der Waals surface area contributed by atoms with Crippen LogP contribution >= 0.6 is 0 Å². The van der Waals surface area contributed by atoms with Crippen LogP contribution in [0.1, 0.15) is 22.3 Å². The molecule has 0 fully saturated rings. The van der Waals surface area contributed by atoms with Crippen molar-refractivity contribution >= 4 is 10.8 Å². The molecule has 0 saturated heterocycles. The van der Waals surface area contributed by atoms with Gasteiger partial charge in [-0.15, -0.1) is 0 Å². The number of aryl methyl sites for hydroxylation is 3. The fourth-order valence-electron chi connectivity index (χ4n) is 3.18. The molecule has 106 valence electrons. The first kappa shape index (κ1) is 13.8. The van der Waals surface area contributed by atoms with E-state index in [1.807, 2.05) is 0 Å². The Morgan fingerprint density at radius 3 is 2.19 bits per heavy atom. The van der Waals surface area contributed by atoms with Gasteiger partial charge in [-0.3, -0.25) is 0 Å². The molecule has 21 heavy (non-hydrogen) atoms. The van der Waals surface area contributed by atoms with Crippen LogP contribution in [0.2, 0.25) is 0 Å². The van der Waals surface area contributed by atoms with E-state index < -0.39 is 0 Å². The molecule has 1 N–H and O–H groups in total. The van der Waals surface area contributed by atoms with Gasteiger partial charge in [-0.2, -0.15) is 0 Å². The lowest BCUT2D eigenvalue weighted by Crippen LogP contribution is -1.96. The molecular weight excluding hydrogens is 256 g/mol. The average Bonchev–Trinajstić information content (AvgIpc) is 2.44. The molecule has 0 aromatic heterocycles. The minimum atomic E-state index is 0.0684. The SMILES string of the molecule is Cc1cc(C)cc(-c2c(CO)c(C)cc3ccccc23)c1. The van der Waals surface area contributed by atoms with Crippen molar-refractivity contribution < 1.29 is 5.11 Å². The van der Waals surface area contributed by atoms with E-state index in [0.717, 1.165) is 11.1 Å². The van der Waals surface area contributed by atoms with Crippen molar-refractivity contribution in [3.63, 3.8) is 0 Å². The lowest BCUT2D eigenvalue weighted by molar-refractivity contribution is 0.282. The van der Waals surface area contributed by atoms with Crippen LogP contribution in [0.15, 0.2) is 48.5 Å². The fraction of sp³-hybridized carbons (Fsp3) is 0.200. The van der Waals surface area contributed by atoms with Crippen LogP contribution in [0, 0.1) is 20.8 Å². The van der Waals surface area contributed by atoms with Gasteiger partial charge in [-0.05, 0) is 53.8 Å². The van der Waals surface area contributed by atoms with Crippen LogP contribution in [-0.2, 0) is 6.61 Å². The quantitative estimate of drug-likeness (QED) is 0.704. The Hall–Kier alpha value is -2.12. The molecule has 0 saturated carbocycles. The monoisotopic (exact) mass is 276 g/mol. The van der Waals surface area contributed by atoms with Crippen LogP contribution < -0.4 is 0 Å². The van der Waals surface area contributed by atoms with Crippen LogP contribution in [0.25, 0.3) is 21.9 Å². The average molecular weight is 276 g/mol. The summed E-state index contributed by atoms with van der Waals surface area (Å²) in [5.74, 6) is 0. The zero-order chi connectivity index (χ0) is 15.0. The third-order valence-electron chi connectivity index (χ3n) is 4.05. The zero-order valence-corrected chi connectivity index (χ0v) is 12.8. The molecule has 0 aliphatic rings. The highest BCUT2D eigenvalue weighted by molar-refractivity contribution is 5.99. The Balaban J connectivity index is 2.43. The van der Waals surface area contributed by atoms with E-state index in [1.54, 1.807) is 0 Å². The van der Waals surface area contributed by atoms with Crippen molar-refractivity contribution in [2.24, 2.45) is 0 Å². The number of hydrogen-bond donors (Lipinski definition) is 1. The van der Waals surface area contributed by atoms with Gasteiger partial charge < -0.3 is 5.11 Å². The molecule has 0 spiro atoms. The standard InChI is InChI=1S/C20H20O/c1-13-8-14(2)10-17(9-13)20-18-7-5-4-6-16(18)11-15(3)19(20)12-21/h4-11,21H,12H2,1-3H3. The molecule has 0 radical (unpaired) electrons. The molecule has 1 heteroatoms. The predicted octanol–water partition coefficient (Wildman–Crippen LogP) is 4.92. The molecule has 3 aromatic carbocycles. The molecular formula is C20H20O. The first-order chi connectivity index (χ1) is 10.1. The lowest BCUT2D eigenvalue weighted by atomic mass is 9.89. The van der Waals surface area contributed by atoms with Gasteiger partial charge >= 0.3 is 0 Å². The van der Waals surface area contributed by atoms with Crippen molar-refractivity contribution in [3.8, 4) is 11.1 Å². The fourth-order valence-corrected chi connectivity index (χ4v) is 3.18. The number of benzene rings is 3. The van der Waals surface area contributed by atoms with Gasteiger partial charge in [0.2, 0.25) is 0 Å². The highest BCUT2D eigenvalue weighted by Gasteiger charge is 2.13. The Morgan fingerprint density at radius 2 is 1.52 bits per heavy atom. The summed E-state index contributed by atoms with van der Waals surface area (Å²) in [5, 5.41) is 12.3. The number of fused-ring (bicyclic) bond motifs is 1. The van der Waals surface area contributed by atoms with Gasteiger partial charge in [0.25, 0.3) is 0 Å². The van der Waals surface area contributed by atoms with E-state index in [0.29, 0.717) is 0 Å². The Bertz CT molecular complexity index is 795. The van der Waals surface area contributed by atoms with E-state index in [2.05, 4.69) is 69.3 Å². The minimum Gasteiger partial charge on any atom is -0.392 e. The van der Waals surface area contributed by atoms with Crippen LogP contribution in [0.5, 0.6) is 0 Å². The van der Waals surface area contributed by atoms with Gasteiger partial charge in [0.1, 0.15) is 0 Å². The van der Waals surface area contributed by atoms with Crippen molar-refractivity contribution in [3.05, 3.63) is 70.8 Å². The largest absolute Gasteiger partial charge is 0.392 e. The van der Waals surface area contributed by atoms with Crippen LogP contribution in [0.4, 0.5) is 0 Å². The van der Waals surface area contributed by atoms with Gasteiger partial charge in [0.15, 0.2) is 0 Å². The van der Waals surface area contributed by atoms with E-state index >= 15 is 0 Å².